The number of hydrogen-bond acceptors (Lipinski definition) is 8. The van der Waals surface area contributed by atoms with Gasteiger partial charge < -0.3 is 32.0 Å². The van der Waals surface area contributed by atoms with Crippen LogP contribution in [0.3, 0.4) is 0 Å². The maximum absolute atomic E-state index is 11.4. The van der Waals surface area contributed by atoms with E-state index in [1.54, 1.807) is 18.2 Å². The Labute approximate surface area is 184 Å². The fourth-order valence-electron chi connectivity index (χ4n) is 2.75. The lowest BCUT2D eigenvalue weighted by molar-refractivity contribution is -0.114. The molecule has 2 aromatic rings. The molecule has 0 saturated carbocycles. The normalized spacial score (nSPS) is 14.0. The molecule has 0 atom stereocenters. The predicted molar refractivity (Wildman–Crippen MR) is 117 cm³/mol. The van der Waals surface area contributed by atoms with Crippen LogP contribution in [0.2, 0.25) is 0 Å². The molecule has 0 spiro atoms. The number of hydrogen-bond donors (Lipinski definition) is 5. The lowest BCUT2D eigenvalue weighted by Crippen LogP contribution is -2.24. The Morgan fingerprint density at radius 3 is 2.55 bits per heavy atom. The van der Waals surface area contributed by atoms with E-state index in [1.807, 2.05) is 6.07 Å². The smallest absolute Gasteiger partial charge is 0.266 e. The lowest BCUT2D eigenvalue weighted by Gasteiger charge is -2.16. The van der Waals surface area contributed by atoms with E-state index in [4.69, 9.17) is 38.3 Å². The summed E-state index contributed by atoms with van der Waals surface area (Å²) in [5.41, 5.74) is 18.1. The van der Waals surface area contributed by atoms with E-state index >= 15 is 0 Å². The predicted octanol–water partition coefficient (Wildman–Crippen LogP) is 1.86. The number of primary amides is 1. The molecule has 1 aliphatic rings. The van der Waals surface area contributed by atoms with Crippen LogP contribution in [-0.2, 0) is 9.53 Å². The van der Waals surface area contributed by atoms with Gasteiger partial charge >= 0.3 is 0 Å². The molecule has 0 unspecified atom stereocenters. The summed E-state index contributed by atoms with van der Waals surface area (Å²) >= 11 is 5.69. The van der Waals surface area contributed by atoms with E-state index in [9.17, 15) is 10.1 Å². The molecule has 2 heterocycles. The molecule has 0 radical (unpaired) electrons. The van der Waals surface area contributed by atoms with Crippen molar-refractivity contribution >= 4 is 23.2 Å². The van der Waals surface area contributed by atoms with Gasteiger partial charge in [0.1, 0.15) is 28.4 Å². The molecular formula is C20H24ClN7O3. The first kappa shape index (κ1) is 23.6. The van der Waals surface area contributed by atoms with Crippen LogP contribution in [0.1, 0.15) is 18.5 Å². The zero-order valence-electron chi connectivity index (χ0n) is 16.9. The SMILES string of the molecule is C1CCOC1.COc1c(NC(/C=C(\N)Cl)=C(/N)C(N)=O)cccc1-c1cn[nH]c1C#N. The highest BCUT2D eigenvalue weighted by atomic mass is 35.5. The number of anilines is 1. The van der Waals surface area contributed by atoms with Crippen molar-refractivity contribution in [2.24, 2.45) is 17.2 Å². The second kappa shape index (κ2) is 11.5. The number of nitrogens with two attached hydrogens (primary N) is 3. The molecule has 1 amide bonds. The molecule has 1 fully saturated rings. The van der Waals surface area contributed by atoms with Crippen LogP contribution in [0.25, 0.3) is 11.1 Å². The molecule has 8 N–H and O–H groups in total. The molecule has 1 aromatic heterocycles. The van der Waals surface area contributed by atoms with Gasteiger partial charge in [-0.1, -0.05) is 23.7 Å². The van der Waals surface area contributed by atoms with E-state index in [0.717, 1.165) is 13.2 Å². The van der Waals surface area contributed by atoms with Crippen molar-refractivity contribution in [3.8, 4) is 22.9 Å². The van der Waals surface area contributed by atoms with E-state index < -0.39 is 5.91 Å². The molecule has 1 aromatic carbocycles. The fraction of sp³-hybridized carbons (Fsp3) is 0.250. The third-order valence-electron chi connectivity index (χ3n) is 4.20. The highest BCUT2D eigenvalue weighted by Gasteiger charge is 2.17. The molecule has 3 rings (SSSR count). The van der Waals surface area contributed by atoms with Crippen LogP contribution < -0.4 is 27.3 Å². The van der Waals surface area contributed by atoms with Gasteiger partial charge in [0.2, 0.25) is 0 Å². The van der Waals surface area contributed by atoms with Crippen molar-refractivity contribution in [1.29, 1.82) is 5.26 Å². The Balaban J connectivity index is 0.000000597. The third kappa shape index (κ3) is 6.40. The number of nitrogens with zero attached hydrogens (tertiary/aromatic N) is 2. The molecule has 1 saturated heterocycles. The summed E-state index contributed by atoms with van der Waals surface area (Å²) in [6, 6.07) is 7.17. The molecule has 164 valence electrons. The van der Waals surface area contributed by atoms with Crippen LogP contribution in [0.5, 0.6) is 5.75 Å². The Bertz CT molecular complexity index is 1010. The third-order valence-corrected chi connectivity index (χ3v) is 4.30. The Hall–Kier alpha value is -3.68. The largest absolute Gasteiger partial charge is 0.494 e. The number of halogens is 1. The minimum Gasteiger partial charge on any atom is -0.494 e. The summed E-state index contributed by atoms with van der Waals surface area (Å²) in [7, 11) is 1.46. The van der Waals surface area contributed by atoms with E-state index in [2.05, 4.69) is 15.5 Å². The van der Waals surface area contributed by atoms with Crippen molar-refractivity contribution in [3.63, 3.8) is 0 Å². The van der Waals surface area contributed by atoms with Crippen LogP contribution in [0.15, 0.2) is 47.0 Å². The van der Waals surface area contributed by atoms with E-state index in [0.29, 0.717) is 22.6 Å². The molecule has 0 aliphatic carbocycles. The summed E-state index contributed by atoms with van der Waals surface area (Å²) in [4.78, 5) is 11.4. The summed E-state index contributed by atoms with van der Waals surface area (Å²) in [6.45, 7) is 2.00. The second-order valence-electron chi connectivity index (χ2n) is 6.32. The number of aromatic nitrogens is 2. The average Bonchev–Trinajstić information content (AvgIpc) is 3.46. The average molecular weight is 446 g/mol. The van der Waals surface area contributed by atoms with Crippen LogP contribution in [0, 0.1) is 11.3 Å². The van der Waals surface area contributed by atoms with E-state index in [1.165, 1.54) is 32.2 Å². The monoisotopic (exact) mass is 445 g/mol. The summed E-state index contributed by atoms with van der Waals surface area (Å²) in [5.74, 6) is -0.458. The Kier molecular flexibility index (Phi) is 8.75. The number of carbonyl (C=O) groups excluding carboxylic acids is 1. The number of benzene rings is 1. The number of nitrogens with one attached hydrogen (secondary N) is 2. The van der Waals surface area contributed by atoms with Crippen LogP contribution in [-0.4, -0.2) is 36.4 Å². The van der Waals surface area contributed by atoms with Crippen molar-refractivity contribution in [3.05, 3.63) is 52.7 Å². The highest BCUT2D eigenvalue weighted by molar-refractivity contribution is 6.29. The second-order valence-corrected chi connectivity index (χ2v) is 6.76. The van der Waals surface area contributed by atoms with Gasteiger partial charge in [-0.15, -0.1) is 0 Å². The first-order valence-electron chi connectivity index (χ1n) is 9.26. The molecule has 11 heteroatoms. The van der Waals surface area contributed by atoms with Crippen molar-refractivity contribution in [2.45, 2.75) is 12.8 Å². The number of para-hydroxylation sites is 1. The summed E-state index contributed by atoms with van der Waals surface area (Å²) < 4.78 is 10.4. The number of H-pyrrole nitrogens is 1. The molecule has 31 heavy (non-hydrogen) atoms. The van der Waals surface area contributed by atoms with Crippen molar-refractivity contribution in [2.75, 3.05) is 25.6 Å². The number of aromatic amines is 1. The van der Waals surface area contributed by atoms with Gasteiger partial charge in [0.05, 0.1) is 24.7 Å². The quantitative estimate of drug-likeness (QED) is 0.254. The van der Waals surface area contributed by atoms with Crippen LogP contribution in [0.4, 0.5) is 5.69 Å². The van der Waals surface area contributed by atoms with Gasteiger partial charge in [-0.3, -0.25) is 9.89 Å². The zero-order valence-corrected chi connectivity index (χ0v) is 17.7. The topological polar surface area (TPSA) is 178 Å². The number of rotatable bonds is 6. The maximum Gasteiger partial charge on any atom is 0.266 e. The van der Waals surface area contributed by atoms with Gasteiger partial charge in [0, 0.05) is 24.3 Å². The van der Waals surface area contributed by atoms with Gasteiger partial charge in [-0.25, -0.2) is 0 Å². The van der Waals surface area contributed by atoms with Gasteiger partial charge in [0.25, 0.3) is 5.91 Å². The number of methoxy groups -OCH3 is 1. The number of ether oxygens (including phenoxy) is 2. The number of nitriles is 1. The maximum atomic E-state index is 11.4. The van der Waals surface area contributed by atoms with Crippen molar-refractivity contribution in [1.82, 2.24) is 10.2 Å². The fourth-order valence-corrected chi connectivity index (χ4v) is 2.86. The van der Waals surface area contributed by atoms with E-state index in [-0.39, 0.29) is 22.2 Å². The number of amides is 1. The minimum absolute atomic E-state index is 0.103. The highest BCUT2D eigenvalue weighted by Crippen LogP contribution is 2.38. The minimum atomic E-state index is -0.849. The van der Waals surface area contributed by atoms with Crippen molar-refractivity contribution < 1.29 is 14.3 Å². The number of carbonyl (C=O) groups is 1. The summed E-state index contributed by atoms with van der Waals surface area (Å²) in [5, 5.41) is 18.5. The van der Waals surface area contributed by atoms with Gasteiger partial charge in [-0.2, -0.15) is 10.4 Å². The molecule has 1 aliphatic heterocycles. The Morgan fingerprint density at radius 1 is 1.32 bits per heavy atom. The van der Waals surface area contributed by atoms with Crippen LogP contribution >= 0.6 is 11.6 Å². The standard InChI is InChI=1S/C16H16ClN7O2.C4H8O/c1-26-15-8(9-7-22-24-12(9)6-18)3-2-4-10(15)23-11(5-13(17)19)14(20)16(21)25;1-2-4-5-3-1/h2-5,7,23H,19-20H2,1H3,(H2,21,25)(H,22,24);1-4H2/b13-5-,14-11+;. The Morgan fingerprint density at radius 2 is 2.03 bits per heavy atom. The van der Waals surface area contributed by atoms with Gasteiger partial charge in [-0.05, 0) is 25.0 Å². The zero-order chi connectivity index (χ0) is 22.8. The summed E-state index contributed by atoms with van der Waals surface area (Å²) in [6.07, 6.45) is 5.32. The molecular weight excluding hydrogens is 422 g/mol. The lowest BCUT2D eigenvalue weighted by atomic mass is 10.0. The molecule has 0 bridgehead atoms. The number of allylic oxidation sites excluding steroid dienone is 1. The molecule has 10 nitrogen and oxygen atoms in total. The van der Waals surface area contributed by atoms with Gasteiger partial charge in [0.15, 0.2) is 0 Å². The first-order valence-corrected chi connectivity index (χ1v) is 9.64. The first-order chi connectivity index (χ1) is 14.9.